The number of halogens is 2. The quantitative estimate of drug-likeness (QED) is 0.914. The Morgan fingerprint density at radius 1 is 1.44 bits per heavy atom. The standard InChI is InChI=1S/C12H15BrFNS/c13-11-3-10(4-12(14)5-11)7-15-6-9-1-2-16-8-9/h3-5,9,15H,1-2,6-8H2. The van der Waals surface area contributed by atoms with Gasteiger partial charge in [-0.15, -0.1) is 0 Å². The first kappa shape index (κ1) is 12.4. The number of benzene rings is 1. The second kappa shape index (κ2) is 6.03. The molecule has 0 aromatic heterocycles. The Bertz CT molecular complexity index is 333. The average Bonchev–Trinajstić information content (AvgIpc) is 2.69. The molecule has 1 saturated heterocycles. The van der Waals surface area contributed by atoms with Gasteiger partial charge < -0.3 is 5.32 Å². The van der Waals surface area contributed by atoms with Crippen LogP contribution >= 0.6 is 27.7 Å². The highest BCUT2D eigenvalue weighted by atomic mass is 79.9. The number of hydrogen-bond donors (Lipinski definition) is 1. The summed E-state index contributed by atoms with van der Waals surface area (Å²) in [5.41, 5.74) is 0.998. The first-order chi connectivity index (χ1) is 7.74. The van der Waals surface area contributed by atoms with Gasteiger partial charge in [0.1, 0.15) is 5.82 Å². The van der Waals surface area contributed by atoms with Crippen molar-refractivity contribution in [3.05, 3.63) is 34.1 Å². The van der Waals surface area contributed by atoms with Crippen molar-refractivity contribution in [2.24, 2.45) is 5.92 Å². The zero-order valence-corrected chi connectivity index (χ0v) is 11.4. The van der Waals surface area contributed by atoms with Crippen LogP contribution in [0.5, 0.6) is 0 Å². The monoisotopic (exact) mass is 303 g/mol. The lowest BCUT2D eigenvalue weighted by molar-refractivity contribution is 0.522. The van der Waals surface area contributed by atoms with Crippen LogP contribution < -0.4 is 5.32 Å². The summed E-state index contributed by atoms with van der Waals surface area (Å²) in [4.78, 5) is 0. The predicted octanol–water partition coefficient (Wildman–Crippen LogP) is 3.43. The van der Waals surface area contributed by atoms with E-state index in [1.54, 1.807) is 6.07 Å². The van der Waals surface area contributed by atoms with Gasteiger partial charge in [-0.2, -0.15) is 11.8 Å². The van der Waals surface area contributed by atoms with Crippen molar-refractivity contribution in [1.29, 1.82) is 0 Å². The van der Waals surface area contributed by atoms with Crippen LogP contribution in [-0.2, 0) is 6.54 Å². The van der Waals surface area contributed by atoms with Crippen molar-refractivity contribution in [1.82, 2.24) is 5.32 Å². The molecule has 1 N–H and O–H groups in total. The van der Waals surface area contributed by atoms with Crippen LogP contribution in [0.3, 0.4) is 0 Å². The van der Waals surface area contributed by atoms with Gasteiger partial charge in [-0.1, -0.05) is 15.9 Å². The molecule has 88 valence electrons. The van der Waals surface area contributed by atoms with Gasteiger partial charge in [0.25, 0.3) is 0 Å². The molecule has 0 amide bonds. The Labute approximate surface area is 108 Å². The molecule has 2 rings (SSSR count). The topological polar surface area (TPSA) is 12.0 Å². The highest BCUT2D eigenvalue weighted by Gasteiger charge is 2.14. The van der Waals surface area contributed by atoms with E-state index >= 15 is 0 Å². The smallest absolute Gasteiger partial charge is 0.124 e. The van der Waals surface area contributed by atoms with Gasteiger partial charge in [-0.25, -0.2) is 4.39 Å². The Hall–Kier alpha value is -0.0600. The normalized spacial score (nSPS) is 20.2. The lowest BCUT2D eigenvalue weighted by atomic mass is 10.1. The molecule has 1 unspecified atom stereocenters. The maximum Gasteiger partial charge on any atom is 0.124 e. The van der Waals surface area contributed by atoms with Crippen LogP contribution in [0, 0.1) is 11.7 Å². The number of rotatable bonds is 4. The lowest BCUT2D eigenvalue weighted by Gasteiger charge is -2.10. The Morgan fingerprint density at radius 3 is 3.00 bits per heavy atom. The Kier molecular flexibility index (Phi) is 4.67. The van der Waals surface area contributed by atoms with Crippen LogP contribution in [0.25, 0.3) is 0 Å². The third kappa shape index (κ3) is 3.75. The Morgan fingerprint density at radius 2 is 2.31 bits per heavy atom. The molecule has 16 heavy (non-hydrogen) atoms. The first-order valence-electron chi connectivity index (χ1n) is 5.47. The third-order valence-corrected chi connectivity index (χ3v) is 4.40. The molecule has 4 heteroatoms. The molecule has 1 heterocycles. The average molecular weight is 304 g/mol. The van der Waals surface area contributed by atoms with Crippen molar-refractivity contribution in [3.63, 3.8) is 0 Å². The number of thioether (sulfide) groups is 1. The summed E-state index contributed by atoms with van der Waals surface area (Å²) in [5.74, 6) is 3.17. The summed E-state index contributed by atoms with van der Waals surface area (Å²) in [6.07, 6.45) is 1.31. The molecule has 1 fully saturated rings. The molecule has 0 saturated carbocycles. The molecule has 1 aromatic rings. The number of hydrogen-bond acceptors (Lipinski definition) is 2. The maximum absolute atomic E-state index is 13.1. The van der Waals surface area contributed by atoms with Crippen molar-refractivity contribution >= 4 is 27.7 Å². The molecule has 1 aliphatic rings. The van der Waals surface area contributed by atoms with Crippen molar-refractivity contribution in [2.75, 3.05) is 18.1 Å². The second-order valence-corrected chi connectivity index (χ2v) is 6.20. The van der Waals surface area contributed by atoms with Crippen LogP contribution in [0.4, 0.5) is 4.39 Å². The van der Waals surface area contributed by atoms with Crippen LogP contribution in [0.15, 0.2) is 22.7 Å². The van der Waals surface area contributed by atoms with Gasteiger partial charge in [0, 0.05) is 11.0 Å². The van der Waals surface area contributed by atoms with Gasteiger partial charge in [0.05, 0.1) is 0 Å². The van der Waals surface area contributed by atoms with Crippen LogP contribution in [-0.4, -0.2) is 18.1 Å². The zero-order valence-electron chi connectivity index (χ0n) is 9.01. The molecule has 0 bridgehead atoms. The maximum atomic E-state index is 13.1. The summed E-state index contributed by atoms with van der Waals surface area (Å²) < 4.78 is 13.9. The van der Waals surface area contributed by atoms with E-state index in [0.29, 0.717) is 0 Å². The minimum absolute atomic E-state index is 0.178. The molecule has 1 atom stereocenters. The third-order valence-electron chi connectivity index (χ3n) is 2.71. The molecule has 0 radical (unpaired) electrons. The summed E-state index contributed by atoms with van der Waals surface area (Å²) in [5, 5.41) is 3.40. The molecule has 0 aliphatic carbocycles. The highest BCUT2D eigenvalue weighted by Crippen LogP contribution is 2.22. The van der Waals surface area contributed by atoms with Crippen molar-refractivity contribution in [3.8, 4) is 0 Å². The first-order valence-corrected chi connectivity index (χ1v) is 7.42. The van der Waals surface area contributed by atoms with Crippen LogP contribution in [0.2, 0.25) is 0 Å². The SMILES string of the molecule is Fc1cc(Br)cc(CNCC2CCSC2)c1. The summed E-state index contributed by atoms with van der Waals surface area (Å²) >= 11 is 5.33. The molecular formula is C12H15BrFNS. The predicted molar refractivity (Wildman–Crippen MR) is 71.2 cm³/mol. The lowest BCUT2D eigenvalue weighted by Crippen LogP contribution is -2.22. The van der Waals surface area contributed by atoms with E-state index in [9.17, 15) is 4.39 Å². The largest absolute Gasteiger partial charge is 0.312 e. The van der Waals surface area contributed by atoms with E-state index in [-0.39, 0.29) is 5.82 Å². The molecule has 1 nitrogen and oxygen atoms in total. The van der Waals surface area contributed by atoms with E-state index in [1.165, 1.54) is 24.0 Å². The van der Waals surface area contributed by atoms with Gasteiger partial charge >= 0.3 is 0 Å². The van der Waals surface area contributed by atoms with Crippen LogP contribution in [0.1, 0.15) is 12.0 Å². The van der Waals surface area contributed by atoms with Crippen molar-refractivity contribution in [2.45, 2.75) is 13.0 Å². The summed E-state index contributed by atoms with van der Waals surface area (Å²) in [6.45, 7) is 1.79. The minimum Gasteiger partial charge on any atom is -0.312 e. The highest BCUT2D eigenvalue weighted by molar-refractivity contribution is 9.10. The van der Waals surface area contributed by atoms with E-state index in [0.717, 1.165) is 29.0 Å². The summed E-state index contributed by atoms with van der Waals surface area (Å²) in [7, 11) is 0. The van der Waals surface area contributed by atoms with Crippen molar-refractivity contribution < 1.29 is 4.39 Å². The van der Waals surface area contributed by atoms with E-state index in [2.05, 4.69) is 21.2 Å². The van der Waals surface area contributed by atoms with Gasteiger partial charge in [-0.3, -0.25) is 0 Å². The van der Waals surface area contributed by atoms with E-state index in [4.69, 9.17) is 0 Å². The fourth-order valence-corrected chi connectivity index (χ4v) is 3.68. The molecule has 1 aromatic carbocycles. The minimum atomic E-state index is -0.178. The second-order valence-electron chi connectivity index (χ2n) is 4.14. The Balaban J connectivity index is 1.80. The number of nitrogens with one attached hydrogen (secondary N) is 1. The van der Waals surface area contributed by atoms with Gasteiger partial charge in [0.15, 0.2) is 0 Å². The van der Waals surface area contributed by atoms with E-state index in [1.807, 2.05) is 17.8 Å². The molecule has 0 spiro atoms. The zero-order chi connectivity index (χ0) is 11.4. The van der Waals surface area contributed by atoms with E-state index < -0.39 is 0 Å². The fraction of sp³-hybridized carbons (Fsp3) is 0.500. The molecule has 1 aliphatic heterocycles. The molecular weight excluding hydrogens is 289 g/mol. The fourth-order valence-electron chi connectivity index (χ4n) is 1.88. The van der Waals surface area contributed by atoms with Gasteiger partial charge in [-0.05, 0) is 54.2 Å². The summed E-state index contributed by atoms with van der Waals surface area (Å²) in [6, 6.07) is 5.03. The van der Waals surface area contributed by atoms with Gasteiger partial charge in [0.2, 0.25) is 0 Å².